The van der Waals surface area contributed by atoms with Gasteiger partial charge in [-0.15, -0.1) is 11.3 Å². The minimum absolute atomic E-state index is 0.0904. The molecule has 3 N–H and O–H groups in total. The standard InChI is InChI=1S/C21H17ClN4O5S2/c1-12-10-13(23-21(29)25-33(30,31)19-9-8-17(22)32-19)6-7-16(12)26-11-18(27)24-15-5-3-2-4-14(15)20(26)28/h2-10H,11H2,1H3,(H,24,27)(H2,23,25,29). The van der Waals surface area contributed by atoms with Crippen molar-refractivity contribution in [1.82, 2.24) is 4.72 Å². The molecule has 33 heavy (non-hydrogen) atoms. The molecule has 2 heterocycles. The van der Waals surface area contributed by atoms with Crippen molar-refractivity contribution in [3.8, 4) is 0 Å². The molecule has 1 aliphatic heterocycles. The maximum Gasteiger partial charge on any atom is 0.333 e. The molecule has 0 saturated heterocycles. The predicted octanol–water partition coefficient (Wildman–Crippen LogP) is 3.82. The van der Waals surface area contributed by atoms with Crippen LogP contribution in [0.3, 0.4) is 0 Å². The van der Waals surface area contributed by atoms with Crippen LogP contribution in [0.2, 0.25) is 4.34 Å². The Balaban J connectivity index is 1.53. The van der Waals surface area contributed by atoms with Crippen molar-refractivity contribution in [3.05, 3.63) is 70.1 Å². The number of nitrogens with one attached hydrogen (secondary N) is 3. The van der Waals surface area contributed by atoms with Gasteiger partial charge in [-0.25, -0.2) is 17.9 Å². The Bertz CT molecular complexity index is 1390. The summed E-state index contributed by atoms with van der Waals surface area (Å²) >= 11 is 6.58. The monoisotopic (exact) mass is 504 g/mol. The molecule has 1 aliphatic rings. The molecule has 4 rings (SSSR count). The number of sulfonamides is 1. The Morgan fingerprint density at radius 3 is 2.58 bits per heavy atom. The number of nitrogens with zero attached hydrogens (tertiary/aromatic N) is 1. The number of rotatable bonds is 4. The predicted molar refractivity (Wildman–Crippen MR) is 127 cm³/mol. The van der Waals surface area contributed by atoms with Gasteiger partial charge in [0.1, 0.15) is 10.8 Å². The second-order valence-corrected chi connectivity index (χ2v) is 10.7. The molecule has 0 saturated carbocycles. The number of thiophene rings is 1. The van der Waals surface area contributed by atoms with E-state index in [1.54, 1.807) is 43.3 Å². The third-order valence-corrected chi connectivity index (χ3v) is 7.82. The Morgan fingerprint density at radius 1 is 1.12 bits per heavy atom. The highest BCUT2D eigenvalue weighted by molar-refractivity contribution is 7.92. The zero-order chi connectivity index (χ0) is 23.8. The van der Waals surface area contributed by atoms with Gasteiger partial charge in [-0.1, -0.05) is 23.7 Å². The van der Waals surface area contributed by atoms with Crippen molar-refractivity contribution in [1.29, 1.82) is 0 Å². The van der Waals surface area contributed by atoms with E-state index in [-0.39, 0.29) is 26.9 Å². The molecule has 3 aromatic rings. The number of para-hydroxylation sites is 1. The van der Waals surface area contributed by atoms with Gasteiger partial charge in [0, 0.05) is 11.4 Å². The van der Waals surface area contributed by atoms with Crippen LogP contribution in [0, 0.1) is 6.92 Å². The molecule has 4 amide bonds. The molecule has 0 unspecified atom stereocenters. The van der Waals surface area contributed by atoms with Crippen LogP contribution in [-0.4, -0.2) is 32.8 Å². The maximum absolute atomic E-state index is 13.1. The van der Waals surface area contributed by atoms with Crippen LogP contribution >= 0.6 is 22.9 Å². The molecule has 0 aliphatic carbocycles. The lowest BCUT2D eigenvalue weighted by atomic mass is 10.1. The molecular formula is C21H17ClN4O5S2. The maximum atomic E-state index is 13.1. The van der Waals surface area contributed by atoms with Crippen LogP contribution in [0.25, 0.3) is 0 Å². The Morgan fingerprint density at radius 2 is 1.88 bits per heavy atom. The molecule has 9 nitrogen and oxygen atoms in total. The largest absolute Gasteiger partial charge is 0.333 e. The van der Waals surface area contributed by atoms with Gasteiger partial charge in [-0.05, 0) is 55.0 Å². The van der Waals surface area contributed by atoms with Crippen LogP contribution in [0.4, 0.5) is 21.9 Å². The molecule has 170 valence electrons. The first kappa shape index (κ1) is 22.8. The summed E-state index contributed by atoms with van der Waals surface area (Å²) in [6, 6.07) is 13.2. The van der Waals surface area contributed by atoms with Crippen molar-refractivity contribution in [2.75, 3.05) is 22.1 Å². The second kappa shape index (κ2) is 8.85. The molecule has 12 heteroatoms. The lowest BCUT2D eigenvalue weighted by molar-refractivity contribution is -0.114. The second-order valence-electron chi connectivity index (χ2n) is 7.10. The molecule has 0 atom stereocenters. The van der Waals surface area contributed by atoms with Crippen LogP contribution in [0.5, 0.6) is 0 Å². The first-order valence-corrected chi connectivity index (χ1v) is 12.2. The highest BCUT2D eigenvalue weighted by Crippen LogP contribution is 2.29. The molecule has 0 bridgehead atoms. The lowest BCUT2D eigenvalue weighted by Gasteiger charge is -2.22. The van der Waals surface area contributed by atoms with Gasteiger partial charge in [0.05, 0.1) is 15.6 Å². The third-order valence-electron chi connectivity index (χ3n) is 4.76. The first-order valence-electron chi connectivity index (χ1n) is 9.54. The van der Waals surface area contributed by atoms with Gasteiger partial charge in [-0.3, -0.25) is 14.5 Å². The van der Waals surface area contributed by atoms with Gasteiger partial charge >= 0.3 is 6.03 Å². The fourth-order valence-corrected chi connectivity index (χ4v) is 5.72. The molecule has 0 radical (unpaired) electrons. The van der Waals surface area contributed by atoms with Gasteiger partial charge in [0.2, 0.25) is 5.91 Å². The number of carbonyl (C=O) groups excluding carboxylic acids is 3. The van der Waals surface area contributed by atoms with Gasteiger partial charge in [0.15, 0.2) is 0 Å². The Kier molecular flexibility index (Phi) is 6.11. The van der Waals surface area contributed by atoms with Crippen LogP contribution in [0.15, 0.2) is 58.8 Å². The number of hydrogen-bond acceptors (Lipinski definition) is 6. The van der Waals surface area contributed by atoms with Gasteiger partial charge in [-0.2, -0.15) is 0 Å². The average molecular weight is 505 g/mol. The van der Waals surface area contributed by atoms with Gasteiger partial charge in [0.25, 0.3) is 15.9 Å². The lowest BCUT2D eigenvalue weighted by Crippen LogP contribution is -2.35. The fourth-order valence-electron chi connectivity index (χ4n) is 3.33. The van der Waals surface area contributed by atoms with Crippen LogP contribution < -0.4 is 20.3 Å². The summed E-state index contributed by atoms with van der Waals surface area (Å²) in [7, 11) is -4.07. The fraction of sp³-hybridized carbons (Fsp3) is 0.0952. The number of urea groups is 1. The Labute approximate surface area is 198 Å². The zero-order valence-corrected chi connectivity index (χ0v) is 19.5. The summed E-state index contributed by atoms with van der Waals surface area (Å²) in [5.74, 6) is -0.681. The SMILES string of the molecule is Cc1cc(NC(=O)NS(=O)(=O)c2ccc(Cl)s2)ccc1N1CC(=O)Nc2ccccc2C1=O. The van der Waals surface area contributed by atoms with Crippen molar-refractivity contribution >= 4 is 67.9 Å². The van der Waals surface area contributed by atoms with Crippen molar-refractivity contribution in [2.24, 2.45) is 0 Å². The van der Waals surface area contributed by atoms with Gasteiger partial charge < -0.3 is 10.6 Å². The molecule has 0 fully saturated rings. The van der Waals surface area contributed by atoms with Crippen molar-refractivity contribution in [3.63, 3.8) is 0 Å². The van der Waals surface area contributed by atoms with Crippen LogP contribution in [-0.2, 0) is 14.8 Å². The van der Waals surface area contributed by atoms with E-state index in [0.717, 1.165) is 11.3 Å². The van der Waals surface area contributed by atoms with E-state index in [0.29, 0.717) is 28.2 Å². The molecule has 0 spiro atoms. The number of aryl methyl sites for hydroxylation is 1. The van der Waals surface area contributed by atoms with E-state index in [4.69, 9.17) is 11.6 Å². The van der Waals surface area contributed by atoms with E-state index in [2.05, 4.69) is 10.6 Å². The third kappa shape index (κ3) is 4.85. The number of amides is 4. The summed E-state index contributed by atoms with van der Waals surface area (Å²) in [5, 5.41) is 5.17. The molecular weight excluding hydrogens is 488 g/mol. The van der Waals surface area contributed by atoms with Crippen molar-refractivity contribution in [2.45, 2.75) is 11.1 Å². The average Bonchev–Trinajstić information content (AvgIpc) is 3.14. The number of fused-ring (bicyclic) bond motifs is 1. The summed E-state index contributed by atoms with van der Waals surface area (Å²) < 4.78 is 26.7. The van der Waals surface area contributed by atoms with E-state index in [1.807, 2.05) is 4.72 Å². The smallest absolute Gasteiger partial charge is 0.324 e. The zero-order valence-electron chi connectivity index (χ0n) is 17.1. The minimum Gasteiger partial charge on any atom is -0.324 e. The number of benzene rings is 2. The Hall–Kier alpha value is -3.41. The summed E-state index contributed by atoms with van der Waals surface area (Å²) in [5.41, 5.74) is 2.19. The number of hydrogen-bond donors (Lipinski definition) is 3. The highest BCUT2D eigenvalue weighted by Gasteiger charge is 2.28. The quantitative estimate of drug-likeness (QED) is 0.498. The van der Waals surface area contributed by atoms with E-state index < -0.39 is 16.1 Å². The number of halogens is 1. The van der Waals surface area contributed by atoms with Crippen LogP contribution in [0.1, 0.15) is 15.9 Å². The topological polar surface area (TPSA) is 125 Å². The normalized spacial score (nSPS) is 13.7. The van der Waals surface area contributed by atoms with E-state index in [9.17, 15) is 22.8 Å². The number of carbonyl (C=O) groups is 3. The summed E-state index contributed by atoms with van der Waals surface area (Å²) in [4.78, 5) is 39.0. The highest BCUT2D eigenvalue weighted by atomic mass is 35.5. The van der Waals surface area contributed by atoms with E-state index in [1.165, 1.54) is 23.1 Å². The van der Waals surface area contributed by atoms with Crippen molar-refractivity contribution < 1.29 is 22.8 Å². The first-order chi connectivity index (χ1) is 15.6. The minimum atomic E-state index is -4.07. The summed E-state index contributed by atoms with van der Waals surface area (Å²) in [6.45, 7) is 1.54. The molecule has 2 aromatic carbocycles. The van der Waals surface area contributed by atoms with E-state index >= 15 is 0 Å². The summed E-state index contributed by atoms with van der Waals surface area (Å²) in [6.07, 6.45) is 0. The molecule has 1 aromatic heterocycles. The number of anilines is 3.